The molecule has 0 spiro atoms. The molecule has 4 heteroatoms. The fourth-order valence-electron chi connectivity index (χ4n) is 3.16. The quantitative estimate of drug-likeness (QED) is 0.220. The van der Waals surface area contributed by atoms with Gasteiger partial charge in [-0.3, -0.25) is 0 Å². The van der Waals surface area contributed by atoms with Gasteiger partial charge in [0.15, 0.2) is 0 Å². The van der Waals surface area contributed by atoms with Crippen molar-refractivity contribution in [3.05, 3.63) is 136 Å². The van der Waals surface area contributed by atoms with Crippen molar-refractivity contribution < 1.29 is 37.0 Å². The van der Waals surface area contributed by atoms with Gasteiger partial charge in [0.25, 0.3) is 0 Å². The molecule has 0 saturated carbocycles. The molecule has 35 heavy (non-hydrogen) atoms. The summed E-state index contributed by atoms with van der Waals surface area (Å²) in [4.78, 5) is 0. The van der Waals surface area contributed by atoms with E-state index in [0.717, 1.165) is 16.7 Å². The molecule has 3 N–H and O–H groups in total. The van der Waals surface area contributed by atoms with Crippen LogP contribution in [0.5, 0.6) is 0 Å². The van der Waals surface area contributed by atoms with E-state index in [0.29, 0.717) is 0 Å². The van der Waals surface area contributed by atoms with E-state index in [1.165, 1.54) is 27.8 Å². The molecule has 0 bridgehead atoms. The van der Waals surface area contributed by atoms with E-state index in [9.17, 15) is 0 Å². The van der Waals surface area contributed by atoms with Crippen molar-refractivity contribution in [1.29, 1.82) is 0 Å². The van der Waals surface area contributed by atoms with Gasteiger partial charge in [-0.2, -0.15) is 27.8 Å². The molecule has 4 aromatic rings. The first kappa shape index (κ1) is 32.6. The van der Waals surface area contributed by atoms with Crippen LogP contribution in [0, 0.1) is 34.6 Å². The zero-order valence-corrected chi connectivity index (χ0v) is 23.2. The monoisotopic (exact) mass is 507 g/mol. The van der Waals surface area contributed by atoms with Gasteiger partial charge in [-0.1, -0.05) is 126 Å². The third-order valence-corrected chi connectivity index (χ3v) is 5.89. The van der Waals surface area contributed by atoms with Crippen LogP contribution in [0.1, 0.15) is 44.5 Å². The van der Waals surface area contributed by atoms with Crippen molar-refractivity contribution in [3.63, 3.8) is 0 Å². The van der Waals surface area contributed by atoms with E-state index >= 15 is 0 Å². The first-order valence-corrected chi connectivity index (χ1v) is 11.5. The molecule has 4 rings (SSSR count). The molecule has 0 aliphatic carbocycles. The maximum atomic E-state index is 8.54. The van der Waals surface area contributed by atoms with Gasteiger partial charge < -0.3 is 15.3 Å². The van der Waals surface area contributed by atoms with Gasteiger partial charge in [-0.05, 0) is 16.7 Å². The molecule has 0 radical (unpaired) electrons. The molecule has 0 fully saturated rings. The van der Waals surface area contributed by atoms with Crippen molar-refractivity contribution >= 4 is 0 Å². The zero-order chi connectivity index (χ0) is 25.3. The first-order valence-electron chi connectivity index (χ1n) is 11.5. The molecule has 0 atom stereocenters. The first-order chi connectivity index (χ1) is 16.3. The molecule has 3 nitrogen and oxygen atoms in total. The second kappa shape index (κ2) is 18.9. The number of hydrogen-bond acceptors (Lipinski definition) is 3. The van der Waals surface area contributed by atoms with Crippen molar-refractivity contribution in [2.24, 2.45) is 0 Å². The van der Waals surface area contributed by atoms with Crippen molar-refractivity contribution in [2.45, 2.75) is 54.4 Å². The van der Waals surface area contributed by atoms with E-state index in [1.807, 2.05) is 91.0 Å². The minimum absolute atomic E-state index is 0. The molecule has 186 valence electrons. The molecule has 0 aliphatic rings. The zero-order valence-electron chi connectivity index (χ0n) is 21.6. The summed E-state index contributed by atoms with van der Waals surface area (Å²) in [6.45, 7) is 11.4. The third-order valence-electron chi connectivity index (χ3n) is 5.89. The van der Waals surface area contributed by atoms with Crippen molar-refractivity contribution in [1.82, 2.24) is 0 Å². The summed E-state index contributed by atoms with van der Waals surface area (Å²) in [5.41, 5.74) is 10.2. The molecule has 0 amide bonds. The molecule has 0 aliphatic heterocycles. The fourth-order valence-corrected chi connectivity index (χ4v) is 3.16. The van der Waals surface area contributed by atoms with Gasteiger partial charge in [0.05, 0.1) is 19.8 Å². The Morgan fingerprint density at radius 3 is 0.829 bits per heavy atom. The van der Waals surface area contributed by atoms with Gasteiger partial charge >= 0.3 is 0 Å². The molecule has 0 unspecified atom stereocenters. The molecular formula is C31H39O3Ti-. The number of aliphatic hydroxyl groups is 3. The number of rotatable bonds is 3. The summed E-state index contributed by atoms with van der Waals surface area (Å²) in [5, 5.41) is 25.6. The fraction of sp³-hybridized carbons (Fsp3) is 0.258. The predicted octanol–water partition coefficient (Wildman–Crippen LogP) is 6.48. The topological polar surface area (TPSA) is 60.7 Å². The summed E-state index contributed by atoms with van der Waals surface area (Å²) in [6, 6.07) is 28.6. The SMILES string of the molecule is Cc1c(C)c(C)[c-](C)c1C.OCc1ccccc1.OCc1ccccc1.OCc1ccccc1.[Ti]. The average Bonchev–Trinajstić information content (AvgIpc) is 3.08. The smallest absolute Gasteiger partial charge is 0.0681 e. The number of hydrogen-bond donors (Lipinski definition) is 3. The Bertz CT molecular complexity index is 869. The van der Waals surface area contributed by atoms with Crippen molar-refractivity contribution in [3.8, 4) is 0 Å². The Kier molecular flexibility index (Phi) is 17.6. The summed E-state index contributed by atoms with van der Waals surface area (Å²) >= 11 is 0. The Labute approximate surface area is 226 Å². The standard InChI is InChI=1S/C10H15.3C7H8O.Ti/c1-6-7(2)9(4)10(5)8(6)3;3*8-6-7-4-2-1-3-5-7;/h1-5H3;3*1-5,8H,6H2;/q-1;;;;. The van der Waals surface area contributed by atoms with Crippen LogP contribution in [0.4, 0.5) is 0 Å². The van der Waals surface area contributed by atoms with E-state index in [2.05, 4.69) is 34.6 Å². The van der Waals surface area contributed by atoms with Gasteiger partial charge in [0, 0.05) is 21.7 Å². The van der Waals surface area contributed by atoms with Crippen LogP contribution in [-0.2, 0) is 41.5 Å². The van der Waals surface area contributed by atoms with Crippen LogP contribution in [-0.4, -0.2) is 15.3 Å². The molecule has 4 aromatic carbocycles. The van der Waals surface area contributed by atoms with Crippen LogP contribution >= 0.6 is 0 Å². The molecular weight excluding hydrogens is 468 g/mol. The van der Waals surface area contributed by atoms with Crippen LogP contribution in [0.3, 0.4) is 0 Å². The number of benzene rings is 3. The maximum Gasteiger partial charge on any atom is 0.0681 e. The van der Waals surface area contributed by atoms with E-state index in [-0.39, 0.29) is 41.5 Å². The molecule has 0 saturated heterocycles. The normalized spacial score (nSPS) is 9.26. The largest absolute Gasteiger partial charge is 0.392 e. The third kappa shape index (κ3) is 12.2. The maximum absolute atomic E-state index is 8.54. The Morgan fingerprint density at radius 1 is 0.486 bits per heavy atom. The van der Waals surface area contributed by atoms with Gasteiger partial charge in [-0.15, -0.1) is 0 Å². The minimum atomic E-state index is 0. The Hall–Kier alpha value is -2.40. The van der Waals surface area contributed by atoms with Crippen LogP contribution in [0.25, 0.3) is 0 Å². The van der Waals surface area contributed by atoms with E-state index in [4.69, 9.17) is 15.3 Å². The van der Waals surface area contributed by atoms with Gasteiger partial charge in [-0.25, -0.2) is 0 Å². The average molecular weight is 508 g/mol. The van der Waals surface area contributed by atoms with E-state index in [1.54, 1.807) is 0 Å². The van der Waals surface area contributed by atoms with Crippen LogP contribution < -0.4 is 0 Å². The van der Waals surface area contributed by atoms with Gasteiger partial charge in [0.2, 0.25) is 0 Å². The Balaban J connectivity index is 0.000000438. The van der Waals surface area contributed by atoms with Gasteiger partial charge in [0.1, 0.15) is 0 Å². The minimum Gasteiger partial charge on any atom is -0.392 e. The number of aliphatic hydroxyl groups excluding tert-OH is 3. The Morgan fingerprint density at radius 2 is 0.714 bits per heavy atom. The van der Waals surface area contributed by atoms with Crippen LogP contribution in [0.2, 0.25) is 0 Å². The van der Waals surface area contributed by atoms with Crippen molar-refractivity contribution in [2.75, 3.05) is 0 Å². The van der Waals surface area contributed by atoms with E-state index < -0.39 is 0 Å². The molecule has 0 heterocycles. The second-order valence-electron chi connectivity index (χ2n) is 8.06. The van der Waals surface area contributed by atoms with Crippen LogP contribution in [0.15, 0.2) is 91.0 Å². The summed E-state index contributed by atoms with van der Waals surface area (Å²) < 4.78 is 0. The summed E-state index contributed by atoms with van der Waals surface area (Å²) in [6.07, 6.45) is 0. The predicted molar refractivity (Wildman–Crippen MR) is 143 cm³/mol. The summed E-state index contributed by atoms with van der Waals surface area (Å²) in [7, 11) is 0. The molecule has 0 aromatic heterocycles. The second-order valence-corrected chi connectivity index (χ2v) is 8.06. The summed E-state index contributed by atoms with van der Waals surface area (Å²) in [5.74, 6) is 0.